The van der Waals surface area contributed by atoms with Gasteiger partial charge in [-0.3, -0.25) is 0 Å². The molecule has 0 nitrogen and oxygen atoms in total. The summed E-state index contributed by atoms with van der Waals surface area (Å²) in [5, 5.41) is 0. The van der Waals surface area contributed by atoms with Crippen LogP contribution >= 0.6 is 0 Å². The molecule has 0 heteroatoms. The minimum atomic E-state index is 0.561. The summed E-state index contributed by atoms with van der Waals surface area (Å²) in [5.41, 5.74) is 7.02. The Balaban J connectivity index is 2.65. The van der Waals surface area contributed by atoms with Gasteiger partial charge in [-0.25, -0.2) is 0 Å². The van der Waals surface area contributed by atoms with Crippen LogP contribution in [0.5, 0.6) is 0 Å². The Morgan fingerprint density at radius 2 is 1.67 bits per heavy atom. The van der Waals surface area contributed by atoms with Crippen LogP contribution in [-0.2, 0) is 6.42 Å². The maximum Gasteiger partial charge on any atom is -0.0144 e. The van der Waals surface area contributed by atoms with Crippen molar-refractivity contribution in [3.63, 3.8) is 0 Å². The van der Waals surface area contributed by atoms with Crippen LogP contribution in [0.1, 0.15) is 43.4 Å². The smallest absolute Gasteiger partial charge is 0.0144 e. The molecule has 0 radical (unpaired) electrons. The molecule has 0 unspecified atom stereocenters. The van der Waals surface area contributed by atoms with Gasteiger partial charge in [0.25, 0.3) is 0 Å². The van der Waals surface area contributed by atoms with Gasteiger partial charge in [0.05, 0.1) is 0 Å². The minimum absolute atomic E-state index is 0.561. The van der Waals surface area contributed by atoms with Crippen LogP contribution in [0.25, 0.3) is 11.1 Å². The normalized spacial score (nSPS) is 10.9. The lowest BCUT2D eigenvalue weighted by Gasteiger charge is -2.16. The highest BCUT2D eigenvalue weighted by Gasteiger charge is 2.11. The molecule has 0 fully saturated rings. The van der Waals surface area contributed by atoms with Crippen molar-refractivity contribution in [3.05, 3.63) is 59.2 Å². The van der Waals surface area contributed by atoms with Crippen molar-refractivity contribution in [2.75, 3.05) is 0 Å². The van der Waals surface area contributed by atoms with Gasteiger partial charge in [0, 0.05) is 0 Å². The molecule has 0 N–H and O–H groups in total. The predicted molar refractivity (Wildman–Crippen MR) is 80.1 cm³/mol. The van der Waals surface area contributed by atoms with Gasteiger partial charge >= 0.3 is 0 Å². The average molecular weight is 238 g/mol. The Morgan fingerprint density at radius 3 is 2.33 bits per heavy atom. The molecule has 94 valence electrons. The van der Waals surface area contributed by atoms with Crippen LogP contribution in [0.3, 0.4) is 0 Å². The first-order valence-electron chi connectivity index (χ1n) is 6.82. The summed E-state index contributed by atoms with van der Waals surface area (Å²) in [6, 6.07) is 15.6. The van der Waals surface area contributed by atoms with E-state index in [1.807, 2.05) is 0 Å². The SMILES string of the molecule is CCc1ccccc1-c1cc(C)ccc1C(C)C. The highest BCUT2D eigenvalue weighted by Crippen LogP contribution is 2.32. The highest BCUT2D eigenvalue weighted by atomic mass is 14.2. The van der Waals surface area contributed by atoms with Crippen molar-refractivity contribution >= 4 is 0 Å². The summed E-state index contributed by atoms with van der Waals surface area (Å²) in [5.74, 6) is 0.561. The zero-order valence-corrected chi connectivity index (χ0v) is 11.8. The fourth-order valence-electron chi connectivity index (χ4n) is 2.50. The minimum Gasteiger partial charge on any atom is -0.0620 e. The quantitative estimate of drug-likeness (QED) is 0.676. The Hall–Kier alpha value is -1.56. The van der Waals surface area contributed by atoms with Crippen LogP contribution in [-0.4, -0.2) is 0 Å². The second kappa shape index (κ2) is 5.39. The maximum atomic E-state index is 2.32. The number of hydrogen-bond donors (Lipinski definition) is 0. The molecule has 0 saturated carbocycles. The Labute approximate surface area is 111 Å². The molecule has 0 spiro atoms. The first-order chi connectivity index (χ1) is 8.63. The van der Waals surface area contributed by atoms with Crippen molar-refractivity contribution < 1.29 is 0 Å². The lowest BCUT2D eigenvalue weighted by molar-refractivity contribution is 0.868. The van der Waals surface area contributed by atoms with E-state index in [0.29, 0.717) is 5.92 Å². The lowest BCUT2D eigenvalue weighted by atomic mass is 9.88. The summed E-state index contributed by atoms with van der Waals surface area (Å²) >= 11 is 0. The fraction of sp³-hybridized carbons (Fsp3) is 0.333. The van der Waals surface area contributed by atoms with E-state index < -0.39 is 0 Å². The zero-order chi connectivity index (χ0) is 13.1. The van der Waals surface area contributed by atoms with Crippen LogP contribution in [0.15, 0.2) is 42.5 Å². The van der Waals surface area contributed by atoms with Crippen molar-refractivity contribution in [2.24, 2.45) is 0 Å². The third-order valence-corrected chi connectivity index (χ3v) is 3.52. The third-order valence-electron chi connectivity index (χ3n) is 3.52. The van der Waals surface area contributed by atoms with Gasteiger partial charge in [-0.1, -0.05) is 68.8 Å². The number of rotatable bonds is 3. The van der Waals surface area contributed by atoms with E-state index >= 15 is 0 Å². The van der Waals surface area contributed by atoms with Crippen molar-refractivity contribution in [1.82, 2.24) is 0 Å². The molecule has 18 heavy (non-hydrogen) atoms. The molecule has 0 bridgehead atoms. The molecular weight excluding hydrogens is 216 g/mol. The topological polar surface area (TPSA) is 0 Å². The zero-order valence-electron chi connectivity index (χ0n) is 11.8. The third kappa shape index (κ3) is 2.48. The molecule has 2 rings (SSSR count). The van der Waals surface area contributed by atoms with Crippen LogP contribution in [0.4, 0.5) is 0 Å². The molecule has 0 heterocycles. The maximum absolute atomic E-state index is 2.32. The average Bonchev–Trinajstić information content (AvgIpc) is 2.38. The second-order valence-electron chi connectivity index (χ2n) is 5.26. The van der Waals surface area contributed by atoms with Gasteiger partial charge in [0.15, 0.2) is 0 Å². The van der Waals surface area contributed by atoms with Crippen LogP contribution < -0.4 is 0 Å². The van der Waals surface area contributed by atoms with Gasteiger partial charge in [-0.2, -0.15) is 0 Å². The van der Waals surface area contributed by atoms with Gasteiger partial charge in [0.1, 0.15) is 0 Å². The molecule has 0 atom stereocenters. The molecule has 2 aromatic carbocycles. The van der Waals surface area contributed by atoms with Gasteiger partial charge in [-0.15, -0.1) is 0 Å². The first kappa shape index (κ1) is 12.9. The molecule has 0 aliphatic rings. The van der Waals surface area contributed by atoms with E-state index in [1.54, 1.807) is 0 Å². The second-order valence-corrected chi connectivity index (χ2v) is 5.26. The standard InChI is InChI=1S/C18H22/c1-5-15-8-6-7-9-17(15)18-12-14(4)10-11-16(18)13(2)3/h6-13H,5H2,1-4H3. The Morgan fingerprint density at radius 1 is 0.944 bits per heavy atom. The summed E-state index contributed by atoms with van der Waals surface area (Å²) in [7, 11) is 0. The number of benzene rings is 2. The highest BCUT2D eigenvalue weighted by molar-refractivity contribution is 5.72. The van der Waals surface area contributed by atoms with E-state index in [2.05, 4.69) is 70.2 Å². The summed E-state index contributed by atoms with van der Waals surface area (Å²) in [6.07, 6.45) is 1.08. The Kier molecular flexibility index (Phi) is 3.86. The lowest BCUT2D eigenvalue weighted by Crippen LogP contribution is -1.96. The van der Waals surface area contributed by atoms with Crippen molar-refractivity contribution in [2.45, 2.75) is 40.0 Å². The molecule has 0 aromatic heterocycles. The van der Waals surface area contributed by atoms with Gasteiger partial charge in [-0.05, 0) is 41.5 Å². The summed E-state index contributed by atoms with van der Waals surface area (Å²) in [4.78, 5) is 0. The van der Waals surface area contributed by atoms with Gasteiger partial charge in [0.2, 0.25) is 0 Å². The monoisotopic (exact) mass is 238 g/mol. The molecule has 0 amide bonds. The predicted octanol–water partition coefficient (Wildman–Crippen LogP) is 5.35. The number of aryl methyl sites for hydroxylation is 2. The van der Waals surface area contributed by atoms with Crippen molar-refractivity contribution in [1.29, 1.82) is 0 Å². The fourth-order valence-corrected chi connectivity index (χ4v) is 2.50. The van der Waals surface area contributed by atoms with Crippen LogP contribution in [0, 0.1) is 6.92 Å². The van der Waals surface area contributed by atoms with E-state index in [1.165, 1.54) is 27.8 Å². The molecule has 2 aromatic rings. The molecule has 0 saturated heterocycles. The Bertz CT molecular complexity index is 535. The van der Waals surface area contributed by atoms with Crippen molar-refractivity contribution in [3.8, 4) is 11.1 Å². The van der Waals surface area contributed by atoms with E-state index in [9.17, 15) is 0 Å². The largest absolute Gasteiger partial charge is 0.0620 e. The molecule has 0 aliphatic carbocycles. The molecular formula is C18H22. The van der Waals surface area contributed by atoms with E-state index in [0.717, 1.165) is 6.42 Å². The van der Waals surface area contributed by atoms with E-state index in [-0.39, 0.29) is 0 Å². The van der Waals surface area contributed by atoms with E-state index in [4.69, 9.17) is 0 Å². The van der Waals surface area contributed by atoms with Crippen LogP contribution in [0.2, 0.25) is 0 Å². The molecule has 0 aliphatic heterocycles. The summed E-state index contributed by atoms with van der Waals surface area (Å²) in [6.45, 7) is 8.93. The first-order valence-corrected chi connectivity index (χ1v) is 6.82. The number of hydrogen-bond acceptors (Lipinski definition) is 0. The summed E-state index contributed by atoms with van der Waals surface area (Å²) < 4.78 is 0. The van der Waals surface area contributed by atoms with Gasteiger partial charge < -0.3 is 0 Å².